The number of carbonyl (C=O) groups is 2. The minimum atomic E-state index is -1.37. The van der Waals surface area contributed by atoms with E-state index in [1.165, 1.54) is 4.90 Å². The van der Waals surface area contributed by atoms with E-state index in [-0.39, 0.29) is 24.4 Å². The highest BCUT2D eigenvalue weighted by Gasteiger charge is 2.22. The monoisotopic (exact) mass is 238 g/mol. The van der Waals surface area contributed by atoms with Crippen LogP contribution in [0.5, 0.6) is 0 Å². The molecule has 0 unspecified atom stereocenters. The third kappa shape index (κ3) is 3.34. The van der Waals surface area contributed by atoms with E-state index in [2.05, 4.69) is 6.58 Å². The first-order valence-electron chi connectivity index (χ1n) is 4.96. The molecule has 0 heterocycles. The lowest BCUT2D eigenvalue weighted by molar-refractivity contribution is -0.135. The van der Waals surface area contributed by atoms with Gasteiger partial charge in [-0.2, -0.15) is 5.26 Å². The van der Waals surface area contributed by atoms with Crippen molar-refractivity contribution in [3.8, 4) is 6.07 Å². The van der Waals surface area contributed by atoms with Crippen molar-refractivity contribution in [2.45, 2.75) is 20.3 Å². The molecule has 0 amide bonds. The lowest BCUT2D eigenvalue weighted by atomic mass is 10.1. The van der Waals surface area contributed by atoms with Crippen LogP contribution >= 0.6 is 0 Å². The Kier molecular flexibility index (Phi) is 5.47. The topological polar surface area (TPSA) is 102 Å². The van der Waals surface area contributed by atoms with E-state index < -0.39 is 17.5 Å². The summed E-state index contributed by atoms with van der Waals surface area (Å²) in [5.41, 5.74) is -0.565. The first-order chi connectivity index (χ1) is 7.90. The van der Waals surface area contributed by atoms with Crippen LogP contribution in [0.25, 0.3) is 0 Å². The van der Waals surface area contributed by atoms with E-state index in [1.54, 1.807) is 19.9 Å². The van der Waals surface area contributed by atoms with Crippen LogP contribution in [-0.4, -0.2) is 33.6 Å². The summed E-state index contributed by atoms with van der Waals surface area (Å²) in [6, 6.07) is 1.57. The van der Waals surface area contributed by atoms with Gasteiger partial charge in [0, 0.05) is 12.2 Å². The van der Waals surface area contributed by atoms with Gasteiger partial charge in [0.05, 0.1) is 0 Å². The normalized spacial score (nSPS) is 11.1. The zero-order valence-corrected chi connectivity index (χ0v) is 9.73. The van der Waals surface area contributed by atoms with Gasteiger partial charge in [-0.3, -0.25) is 0 Å². The average molecular weight is 238 g/mol. The second-order valence-electron chi connectivity index (χ2n) is 3.09. The minimum absolute atomic E-state index is 0.148. The summed E-state index contributed by atoms with van der Waals surface area (Å²) in [5.74, 6) is -2.62. The molecule has 2 N–H and O–H groups in total. The van der Waals surface area contributed by atoms with Crippen molar-refractivity contribution in [2.24, 2.45) is 0 Å². The van der Waals surface area contributed by atoms with Gasteiger partial charge in [-0.15, -0.1) is 0 Å². The van der Waals surface area contributed by atoms with Gasteiger partial charge in [-0.05, 0) is 13.3 Å². The molecule has 0 fully saturated rings. The maximum atomic E-state index is 10.9. The van der Waals surface area contributed by atoms with Crippen LogP contribution in [0.4, 0.5) is 0 Å². The van der Waals surface area contributed by atoms with Gasteiger partial charge in [0.25, 0.3) is 0 Å². The van der Waals surface area contributed by atoms with E-state index >= 15 is 0 Å². The van der Waals surface area contributed by atoms with E-state index in [1.807, 2.05) is 0 Å². The Bertz CT molecular complexity index is 418. The molecule has 0 aliphatic rings. The molecule has 0 radical (unpaired) electrons. The van der Waals surface area contributed by atoms with Gasteiger partial charge in [-0.25, -0.2) is 9.59 Å². The number of nitriles is 1. The summed E-state index contributed by atoms with van der Waals surface area (Å²) in [7, 11) is 0. The van der Waals surface area contributed by atoms with Crippen LogP contribution in [0.2, 0.25) is 0 Å². The smallest absolute Gasteiger partial charge is 0.351 e. The molecule has 6 heteroatoms. The number of carboxylic acids is 2. The molecule has 6 nitrogen and oxygen atoms in total. The highest BCUT2D eigenvalue weighted by Crippen LogP contribution is 2.19. The second-order valence-corrected chi connectivity index (χ2v) is 3.09. The van der Waals surface area contributed by atoms with Crippen LogP contribution in [0, 0.1) is 11.3 Å². The molecule has 0 rings (SSSR count). The van der Waals surface area contributed by atoms with Gasteiger partial charge in [0.2, 0.25) is 0 Å². The van der Waals surface area contributed by atoms with Crippen molar-refractivity contribution in [1.82, 2.24) is 4.90 Å². The van der Waals surface area contributed by atoms with Crippen molar-refractivity contribution in [2.75, 3.05) is 6.54 Å². The molecule has 0 aromatic carbocycles. The Hall–Kier alpha value is -2.29. The summed E-state index contributed by atoms with van der Waals surface area (Å²) in [6.45, 7) is 6.89. The molecule has 92 valence electrons. The number of rotatable bonds is 6. The second kappa shape index (κ2) is 6.33. The quantitative estimate of drug-likeness (QED) is 0.532. The molecule has 0 aromatic heterocycles. The van der Waals surface area contributed by atoms with Gasteiger partial charge in [-0.1, -0.05) is 13.5 Å². The fourth-order valence-corrected chi connectivity index (χ4v) is 1.40. The summed E-state index contributed by atoms with van der Waals surface area (Å²) >= 11 is 0. The third-order valence-corrected chi connectivity index (χ3v) is 2.16. The van der Waals surface area contributed by atoms with Crippen LogP contribution in [-0.2, 0) is 9.59 Å². The third-order valence-electron chi connectivity index (χ3n) is 2.16. The van der Waals surface area contributed by atoms with Crippen LogP contribution in [0.3, 0.4) is 0 Å². The van der Waals surface area contributed by atoms with E-state index in [4.69, 9.17) is 15.5 Å². The molecule has 0 aromatic rings. The van der Waals surface area contributed by atoms with Crippen molar-refractivity contribution in [3.05, 3.63) is 23.5 Å². The first-order valence-corrected chi connectivity index (χ1v) is 4.96. The van der Waals surface area contributed by atoms with E-state index in [0.29, 0.717) is 0 Å². The van der Waals surface area contributed by atoms with Crippen LogP contribution in [0.15, 0.2) is 23.5 Å². The molecule has 0 saturated carbocycles. The molecule has 0 spiro atoms. The molecule has 0 saturated heterocycles. The Labute approximate surface area is 99.1 Å². The van der Waals surface area contributed by atoms with Crippen molar-refractivity contribution in [3.63, 3.8) is 0 Å². The Morgan fingerprint density at radius 3 is 2.06 bits per heavy atom. The largest absolute Gasteiger partial charge is 0.477 e. The molecule has 0 aliphatic heterocycles. The number of nitrogens with zero attached hydrogens (tertiary/aromatic N) is 2. The standard InChI is InChI=1S/C11H14N2O4/c1-4-9(8(6-12)11(16)17)13(5-2)7(3)10(14)15/h3-5H2,1-2H3,(H,14,15)(H,16,17). The fraction of sp³-hybridized carbons (Fsp3) is 0.364. The molecule has 0 atom stereocenters. The zero-order chi connectivity index (χ0) is 13.6. The number of hydrogen-bond acceptors (Lipinski definition) is 4. The van der Waals surface area contributed by atoms with Crippen molar-refractivity contribution >= 4 is 11.9 Å². The molecular weight excluding hydrogens is 224 g/mol. The summed E-state index contributed by atoms with van der Waals surface area (Å²) in [4.78, 5) is 22.9. The predicted octanol–water partition coefficient (Wildman–Crippen LogP) is 1.18. The fourth-order valence-electron chi connectivity index (χ4n) is 1.40. The van der Waals surface area contributed by atoms with Crippen molar-refractivity contribution < 1.29 is 19.8 Å². The maximum Gasteiger partial charge on any atom is 0.351 e. The van der Waals surface area contributed by atoms with Gasteiger partial charge in [0.15, 0.2) is 5.57 Å². The molecule has 17 heavy (non-hydrogen) atoms. The van der Waals surface area contributed by atoms with Gasteiger partial charge in [0.1, 0.15) is 11.8 Å². The van der Waals surface area contributed by atoms with Crippen LogP contribution in [0.1, 0.15) is 20.3 Å². The molecule has 0 bridgehead atoms. The zero-order valence-electron chi connectivity index (χ0n) is 9.73. The summed E-state index contributed by atoms with van der Waals surface area (Å²) < 4.78 is 0. The Morgan fingerprint density at radius 2 is 1.82 bits per heavy atom. The van der Waals surface area contributed by atoms with E-state index in [9.17, 15) is 9.59 Å². The number of hydrogen-bond donors (Lipinski definition) is 2. The SMILES string of the molecule is C=C(C(=O)O)N(CC)C(CC)=C(C#N)C(=O)O. The molecule has 0 aliphatic carbocycles. The van der Waals surface area contributed by atoms with E-state index in [0.717, 1.165) is 0 Å². The Morgan fingerprint density at radius 1 is 1.29 bits per heavy atom. The number of allylic oxidation sites excluding steroid dienone is 1. The number of aliphatic carboxylic acids is 2. The first kappa shape index (κ1) is 14.7. The number of likely N-dealkylation sites (N-methyl/N-ethyl adjacent to an activating group) is 1. The van der Waals surface area contributed by atoms with Crippen LogP contribution < -0.4 is 0 Å². The maximum absolute atomic E-state index is 10.9. The summed E-state index contributed by atoms with van der Waals surface area (Å²) in [5, 5.41) is 26.5. The lowest BCUT2D eigenvalue weighted by Gasteiger charge is -2.25. The minimum Gasteiger partial charge on any atom is -0.477 e. The molecular formula is C11H14N2O4. The highest BCUT2D eigenvalue weighted by atomic mass is 16.4. The Balaban J connectivity index is 5.65. The summed E-state index contributed by atoms with van der Waals surface area (Å²) in [6.07, 6.45) is 0.231. The van der Waals surface area contributed by atoms with Crippen molar-refractivity contribution in [1.29, 1.82) is 5.26 Å². The van der Waals surface area contributed by atoms with Gasteiger partial charge >= 0.3 is 11.9 Å². The van der Waals surface area contributed by atoms with Gasteiger partial charge < -0.3 is 15.1 Å². The number of carboxylic acid groups (broad SMARTS) is 2. The average Bonchev–Trinajstić information content (AvgIpc) is 2.27. The highest BCUT2D eigenvalue weighted by molar-refractivity contribution is 5.92. The lowest BCUT2D eigenvalue weighted by Crippen LogP contribution is -2.28. The predicted molar refractivity (Wildman–Crippen MR) is 59.7 cm³/mol.